The van der Waals surface area contributed by atoms with Gasteiger partial charge < -0.3 is 14.5 Å². The van der Waals surface area contributed by atoms with Crippen molar-refractivity contribution in [2.45, 2.75) is 25.6 Å². The van der Waals surface area contributed by atoms with Crippen LogP contribution >= 0.6 is 0 Å². The van der Waals surface area contributed by atoms with Gasteiger partial charge in [0.2, 0.25) is 0 Å². The van der Waals surface area contributed by atoms with Gasteiger partial charge in [-0.25, -0.2) is 4.79 Å². The molecule has 104 valence electrons. The van der Waals surface area contributed by atoms with Crippen molar-refractivity contribution in [2.24, 2.45) is 0 Å². The van der Waals surface area contributed by atoms with Gasteiger partial charge in [-0.15, -0.1) is 0 Å². The van der Waals surface area contributed by atoms with E-state index in [1.54, 1.807) is 6.07 Å². The number of hydrogen-bond donors (Lipinski definition) is 1. The summed E-state index contributed by atoms with van der Waals surface area (Å²) in [7, 11) is 0. The number of carbonyl (C=O) groups is 1. The predicted molar refractivity (Wildman–Crippen MR) is 73.3 cm³/mol. The fourth-order valence-electron chi connectivity index (χ4n) is 2.31. The van der Waals surface area contributed by atoms with E-state index in [0.717, 1.165) is 17.3 Å². The molecule has 0 aliphatic carbocycles. The number of benzene rings is 1. The molecule has 1 aliphatic rings. The van der Waals surface area contributed by atoms with Crippen LogP contribution in [0, 0.1) is 0 Å². The summed E-state index contributed by atoms with van der Waals surface area (Å²) >= 11 is 0. The highest BCUT2D eigenvalue weighted by atomic mass is 16.6. The smallest absolute Gasteiger partial charge is 0.335 e. The summed E-state index contributed by atoms with van der Waals surface area (Å²) in [5.41, 5.74) is 0.977. The number of nitrogens with one attached hydrogen (secondary N) is 1. The molecule has 2 heterocycles. The van der Waals surface area contributed by atoms with Crippen molar-refractivity contribution in [1.29, 1.82) is 0 Å². The monoisotopic (exact) mass is 273 g/mol. The van der Waals surface area contributed by atoms with Crippen molar-refractivity contribution in [2.75, 3.05) is 6.61 Å². The topological polar surface area (TPSA) is 68.4 Å². The Labute approximate surface area is 115 Å². The van der Waals surface area contributed by atoms with E-state index in [2.05, 4.69) is 4.98 Å². The zero-order chi connectivity index (χ0) is 13.9. The number of aromatic amines is 1. The van der Waals surface area contributed by atoms with Crippen LogP contribution in [0.5, 0.6) is 0 Å². The quantitative estimate of drug-likeness (QED) is 0.865. The second-order valence-electron chi connectivity index (χ2n) is 4.82. The Morgan fingerprint density at radius 2 is 2.25 bits per heavy atom. The molecule has 2 aromatic rings. The third-order valence-electron chi connectivity index (χ3n) is 3.39. The van der Waals surface area contributed by atoms with Crippen molar-refractivity contribution in [1.82, 2.24) is 4.98 Å². The summed E-state index contributed by atoms with van der Waals surface area (Å²) in [6.45, 7) is 0.565. The molecule has 1 saturated heterocycles. The molecule has 0 radical (unpaired) electrons. The lowest BCUT2D eigenvalue weighted by atomic mass is 10.1. The number of ether oxygens (including phenoxy) is 2. The van der Waals surface area contributed by atoms with Gasteiger partial charge in [0.25, 0.3) is 5.56 Å². The summed E-state index contributed by atoms with van der Waals surface area (Å²) in [4.78, 5) is 26.4. The standard InChI is InChI=1S/C15H15NO4/c17-14-11(8-10-4-1-2-5-12(10)16-14)9-20-15(18)13-6-3-7-19-13/h1-2,4-5,8,13H,3,6-7,9H2,(H,16,17)/t13-/m0/s1. The number of carbonyl (C=O) groups excluding carboxylic acids is 1. The summed E-state index contributed by atoms with van der Waals surface area (Å²) in [6, 6.07) is 9.23. The van der Waals surface area contributed by atoms with Crippen LogP contribution in [0.3, 0.4) is 0 Å². The van der Waals surface area contributed by atoms with Crippen LogP contribution in [0.1, 0.15) is 18.4 Å². The first kappa shape index (κ1) is 12.9. The van der Waals surface area contributed by atoms with Crippen LogP contribution < -0.4 is 5.56 Å². The van der Waals surface area contributed by atoms with Gasteiger partial charge >= 0.3 is 5.97 Å². The van der Waals surface area contributed by atoms with Gasteiger partial charge in [0.05, 0.1) is 5.56 Å². The first-order valence-corrected chi connectivity index (χ1v) is 6.63. The minimum Gasteiger partial charge on any atom is -0.459 e. The van der Waals surface area contributed by atoms with E-state index in [0.29, 0.717) is 18.6 Å². The zero-order valence-corrected chi connectivity index (χ0v) is 10.9. The lowest BCUT2D eigenvalue weighted by Crippen LogP contribution is -2.23. The van der Waals surface area contributed by atoms with Gasteiger partial charge in [0.1, 0.15) is 6.61 Å². The maximum absolute atomic E-state index is 11.9. The van der Waals surface area contributed by atoms with Crippen LogP contribution in [-0.4, -0.2) is 23.7 Å². The molecule has 1 aromatic heterocycles. The number of H-pyrrole nitrogens is 1. The third kappa shape index (κ3) is 2.58. The lowest BCUT2D eigenvalue weighted by Gasteiger charge is -2.09. The number of aromatic nitrogens is 1. The number of para-hydroxylation sites is 1. The van der Waals surface area contributed by atoms with E-state index >= 15 is 0 Å². The summed E-state index contributed by atoms with van der Waals surface area (Å²) in [6.07, 6.45) is 1.08. The van der Waals surface area contributed by atoms with E-state index in [4.69, 9.17) is 9.47 Å². The molecular weight excluding hydrogens is 258 g/mol. The van der Waals surface area contributed by atoms with Gasteiger partial charge in [-0.2, -0.15) is 0 Å². The van der Waals surface area contributed by atoms with Gasteiger partial charge in [-0.05, 0) is 30.4 Å². The fraction of sp³-hybridized carbons (Fsp3) is 0.333. The number of fused-ring (bicyclic) bond motifs is 1. The molecular formula is C15H15NO4. The average molecular weight is 273 g/mol. The molecule has 1 aliphatic heterocycles. The Bertz CT molecular complexity index is 686. The molecule has 0 bridgehead atoms. The second kappa shape index (κ2) is 5.46. The molecule has 0 saturated carbocycles. The van der Waals surface area contributed by atoms with Crippen LogP contribution in [0.15, 0.2) is 35.1 Å². The van der Waals surface area contributed by atoms with Gasteiger partial charge in [0, 0.05) is 12.1 Å². The maximum Gasteiger partial charge on any atom is 0.335 e. The van der Waals surface area contributed by atoms with Gasteiger partial charge in [-0.3, -0.25) is 4.79 Å². The molecule has 3 rings (SSSR count). The molecule has 1 aromatic carbocycles. The van der Waals surface area contributed by atoms with Crippen molar-refractivity contribution in [3.8, 4) is 0 Å². The molecule has 1 N–H and O–H groups in total. The largest absolute Gasteiger partial charge is 0.459 e. The van der Waals surface area contributed by atoms with E-state index in [9.17, 15) is 9.59 Å². The minimum atomic E-state index is -0.477. The van der Waals surface area contributed by atoms with Crippen LogP contribution in [0.2, 0.25) is 0 Å². The molecule has 5 heteroatoms. The first-order valence-electron chi connectivity index (χ1n) is 6.63. The average Bonchev–Trinajstić information content (AvgIpc) is 2.99. The Hall–Kier alpha value is -2.14. The molecule has 1 fully saturated rings. The second-order valence-corrected chi connectivity index (χ2v) is 4.82. The highest BCUT2D eigenvalue weighted by Gasteiger charge is 2.25. The number of pyridine rings is 1. The lowest BCUT2D eigenvalue weighted by molar-refractivity contribution is -0.155. The Kier molecular flexibility index (Phi) is 3.52. The summed E-state index contributed by atoms with van der Waals surface area (Å²) in [5.74, 6) is -0.393. The van der Waals surface area contributed by atoms with E-state index < -0.39 is 12.1 Å². The number of hydrogen-bond acceptors (Lipinski definition) is 4. The highest BCUT2D eigenvalue weighted by molar-refractivity contribution is 5.79. The van der Waals surface area contributed by atoms with E-state index in [1.165, 1.54) is 0 Å². The molecule has 0 amide bonds. The predicted octanol–water partition coefficient (Wildman–Crippen LogP) is 1.75. The zero-order valence-electron chi connectivity index (χ0n) is 10.9. The van der Waals surface area contributed by atoms with Crippen LogP contribution in [0.25, 0.3) is 10.9 Å². The third-order valence-corrected chi connectivity index (χ3v) is 3.39. The first-order chi connectivity index (χ1) is 9.74. The van der Waals surface area contributed by atoms with E-state index in [1.807, 2.05) is 24.3 Å². The van der Waals surface area contributed by atoms with Gasteiger partial charge in [-0.1, -0.05) is 18.2 Å². The van der Waals surface area contributed by atoms with Crippen molar-refractivity contribution >= 4 is 16.9 Å². The molecule has 0 spiro atoms. The Morgan fingerprint density at radius 3 is 3.05 bits per heavy atom. The van der Waals surface area contributed by atoms with E-state index in [-0.39, 0.29) is 12.2 Å². The van der Waals surface area contributed by atoms with Crippen molar-refractivity contribution in [3.63, 3.8) is 0 Å². The van der Waals surface area contributed by atoms with Crippen molar-refractivity contribution < 1.29 is 14.3 Å². The summed E-state index contributed by atoms with van der Waals surface area (Å²) < 4.78 is 10.4. The van der Waals surface area contributed by atoms with Crippen molar-refractivity contribution in [3.05, 3.63) is 46.2 Å². The van der Waals surface area contributed by atoms with Crippen LogP contribution in [-0.2, 0) is 20.9 Å². The molecule has 5 nitrogen and oxygen atoms in total. The minimum absolute atomic E-state index is 0.0289. The number of esters is 1. The highest BCUT2D eigenvalue weighted by Crippen LogP contribution is 2.15. The summed E-state index contributed by atoms with van der Waals surface area (Å²) in [5, 5.41) is 0.912. The molecule has 0 unspecified atom stereocenters. The normalized spacial score (nSPS) is 18.3. The number of rotatable bonds is 3. The molecule has 20 heavy (non-hydrogen) atoms. The fourth-order valence-corrected chi connectivity index (χ4v) is 2.31. The Morgan fingerprint density at radius 1 is 1.40 bits per heavy atom. The van der Waals surface area contributed by atoms with Crippen LogP contribution in [0.4, 0.5) is 0 Å². The van der Waals surface area contributed by atoms with Gasteiger partial charge in [0.15, 0.2) is 6.10 Å². The SMILES string of the molecule is O=C(OCc1cc2ccccc2[nH]c1=O)[C@@H]1CCCO1. The molecule has 1 atom stereocenters. The Balaban J connectivity index is 1.75. The maximum atomic E-state index is 11.9.